The maximum absolute atomic E-state index is 13.0. The Hall–Kier alpha value is -2.76. The fourth-order valence-corrected chi connectivity index (χ4v) is 1.69. The van der Waals surface area contributed by atoms with Crippen molar-refractivity contribution in [1.29, 1.82) is 0 Å². The minimum absolute atomic E-state index is 0.110. The van der Waals surface area contributed by atoms with Gasteiger partial charge in [-0.2, -0.15) is 0 Å². The Morgan fingerprint density at radius 3 is 2.80 bits per heavy atom. The molecule has 5 nitrogen and oxygen atoms in total. The van der Waals surface area contributed by atoms with Crippen molar-refractivity contribution in [3.63, 3.8) is 0 Å². The second-order valence-corrected chi connectivity index (χ2v) is 4.08. The third-order valence-corrected chi connectivity index (χ3v) is 2.68. The maximum Gasteiger partial charge on any atom is 0.257 e. The number of aromatic nitrogens is 1. The molecule has 1 aromatic carbocycles. The van der Waals surface area contributed by atoms with E-state index in [1.807, 2.05) is 0 Å². The Labute approximate surface area is 114 Å². The van der Waals surface area contributed by atoms with Crippen LogP contribution in [0.5, 0.6) is 0 Å². The Bertz CT molecular complexity index is 671. The number of carbonyl (C=O) groups is 1. The van der Waals surface area contributed by atoms with Gasteiger partial charge in [0.15, 0.2) is 0 Å². The van der Waals surface area contributed by atoms with Crippen LogP contribution in [0.2, 0.25) is 0 Å². The zero-order valence-electron chi connectivity index (χ0n) is 10.7. The molecule has 0 saturated carbocycles. The van der Waals surface area contributed by atoms with Gasteiger partial charge >= 0.3 is 0 Å². The van der Waals surface area contributed by atoms with Crippen LogP contribution in [0.1, 0.15) is 22.8 Å². The van der Waals surface area contributed by atoms with E-state index in [9.17, 15) is 9.18 Å². The predicted molar refractivity (Wildman–Crippen MR) is 72.6 cm³/mol. The number of para-hydroxylation sites is 1. The molecule has 20 heavy (non-hydrogen) atoms. The van der Waals surface area contributed by atoms with Crippen LogP contribution >= 0.6 is 0 Å². The monoisotopic (exact) mass is 273 g/mol. The van der Waals surface area contributed by atoms with Crippen LogP contribution in [0.15, 0.2) is 47.9 Å². The number of pyridine rings is 1. The lowest BCUT2D eigenvalue weighted by atomic mass is 10.1. The maximum atomic E-state index is 13.0. The molecule has 2 N–H and O–H groups in total. The van der Waals surface area contributed by atoms with Crippen LogP contribution in [0.25, 0.3) is 0 Å². The molecule has 0 aliphatic heterocycles. The third kappa shape index (κ3) is 2.97. The van der Waals surface area contributed by atoms with Crippen molar-refractivity contribution in [1.82, 2.24) is 4.98 Å². The van der Waals surface area contributed by atoms with Gasteiger partial charge in [-0.15, -0.1) is 0 Å². The number of carbonyl (C=O) groups excluding carboxylic acids is 1. The normalized spacial score (nSPS) is 11.2. The Kier molecular flexibility index (Phi) is 4.05. The molecule has 102 valence electrons. The van der Waals surface area contributed by atoms with Gasteiger partial charge in [-0.1, -0.05) is 23.4 Å². The van der Waals surface area contributed by atoms with Crippen molar-refractivity contribution in [2.24, 2.45) is 5.16 Å². The summed E-state index contributed by atoms with van der Waals surface area (Å²) in [5.41, 5.74) is 1.52. The van der Waals surface area contributed by atoms with E-state index < -0.39 is 11.7 Å². The van der Waals surface area contributed by atoms with Gasteiger partial charge in [0.25, 0.3) is 5.91 Å². The number of hydrogen-bond donors (Lipinski definition) is 2. The van der Waals surface area contributed by atoms with E-state index in [1.54, 1.807) is 31.2 Å². The van der Waals surface area contributed by atoms with Gasteiger partial charge in [0.2, 0.25) is 0 Å². The Morgan fingerprint density at radius 2 is 2.10 bits per heavy atom. The van der Waals surface area contributed by atoms with Crippen LogP contribution in [-0.4, -0.2) is 21.8 Å². The first kappa shape index (κ1) is 13.7. The molecular weight excluding hydrogens is 261 g/mol. The molecule has 0 fully saturated rings. The number of anilines is 1. The minimum Gasteiger partial charge on any atom is -0.411 e. The Morgan fingerprint density at radius 1 is 1.35 bits per heavy atom. The van der Waals surface area contributed by atoms with Crippen LogP contribution in [0, 0.1) is 5.82 Å². The lowest BCUT2D eigenvalue weighted by Gasteiger charge is -2.10. The summed E-state index contributed by atoms with van der Waals surface area (Å²) < 4.78 is 13.0. The van der Waals surface area contributed by atoms with Crippen molar-refractivity contribution in [2.75, 3.05) is 5.32 Å². The summed E-state index contributed by atoms with van der Waals surface area (Å²) in [7, 11) is 0. The van der Waals surface area contributed by atoms with Crippen molar-refractivity contribution < 1.29 is 14.4 Å². The average Bonchev–Trinajstić information content (AvgIpc) is 2.47. The van der Waals surface area contributed by atoms with Gasteiger partial charge in [-0.05, 0) is 19.1 Å². The van der Waals surface area contributed by atoms with Gasteiger partial charge in [0.1, 0.15) is 5.82 Å². The summed E-state index contributed by atoms with van der Waals surface area (Å²) in [5, 5.41) is 14.6. The molecule has 1 heterocycles. The van der Waals surface area contributed by atoms with Crippen LogP contribution in [0.4, 0.5) is 10.1 Å². The number of benzene rings is 1. The van der Waals surface area contributed by atoms with Gasteiger partial charge < -0.3 is 10.5 Å². The lowest BCUT2D eigenvalue weighted by Crippen LogP contribution is -2.15. The molecule has 1 aromatic heterocycles. The summed E-state index contributed by atoms with van der Waals surface area (Å²) in [6.45, 7) is 1.61. The zero-order valence-corrected chi connectivity index (χ0v) is 10.7. The lowest BCUT2D eigenvalue weighted by molar-refractivity contribution is 0.102. The highest BCUT2D eigenvalue weighted by Crippen LogP contribution is 2.17. The van der Waals surface area contributed by atoms with E-state index in [4.69, 9.17) is 5.21 Å². The largest absolute Gasteiger partial charge is 0.411 e. The van der Waals surface area contributed by atoms with Gasteiger partial charge in [0.05, 0.1) is 23.2 Å². The van der Waals surface area contributed by atoms with E-state index in [0.717, 1.165) is 12.3 Å². The van der Waals surface area contributed by atoms with Gasteiger partial charge in [-0.25, -0.2) is 4.39 Å². The van der Waals surface area contributed by atoms with Gasteiger partial charge in [-0.3, -0.25) is 9.78 Å². The fourth-order valence-electron chi connectivity index (χ4n) is 1.69. The highest BCUT2D eigenvalue weighted by Gasteiger charge is 2.11. The summed E-state index contributed by atoms with van der Waals surface area (Å²) in [6, 6.07) is 7.94. The van der Waals surface area contributed by atoms with Crippen molar-refractivity contribution in [3.8, 4) is 0 Å². The van der Waals surface area contributed by atoms with E-state index in [1.165, 1.54) is 6.20 Å². The molecule has 0 unspecified atom stereocenters. The van der Waals surface area contributed by atoms with Crippen molar-refractivity contribution in [3.05, 3.63) is 59.7 Å². The highest BCUT2D eigenvalue weighted by molar-refractivity contribution is 6.10. The fraction of sp³-hybridized carbons (Fsp3) is 0.0714. The molecule has 0 spiro atoms. The Balaban J connectivity index is 2.29. The molecule has 2 aromatic rings. The third-order valence-electron chi connectivity index (χ3n) is 2.68. The zero-order chi connectivity index (χ0) is 14.5. The molecule has 2 rings (SSSR count). The van der Waals surface area contributed by atoms with Crippen molar-refractivity contribution in [2.45, 2.75) is 6.92 Å². The van der Waals surface area contributed by atoms with E-state index >= 15 is 0 Å². The molecule has 0 saturated heterocycles. The number of nitrogens with one attached hydrogen (secondary N) is 1. The SMILES string of the molecule is C/C(=N/O)c1ccccc1NC(=O)c1cncc(F)c1. The van der Waals surface area contributed by atoms with E-state index in [2.05, 4.69) is 15.5 Å². The van der Waals surface area contributed by atoms with E-state index in [-0.39, 0.29) is 5.56 Å². The number of hydrogen-bond acceptors (Lipinski definition) is 4. The molecule has 0 radical (unpaired) electrons. The highest BCUT2D eigenvalue weighted by atomic mass is 19.1. The van der Waals surface area contributed by atoms with Crippen LogP contribution in [0.3, 0.4) is 0 Å². The minimum atomic E-state index is -0.584. The first-order chi connectivity index (χ1) is 9.61. The van der Waals surface area contributed by atoms with Crippen molar-refractivity contribution >= 4 is 17.3 Å². The molecule has 6 heteroatoms. The summed E-state index contributed by atoms with van der Waals surface area (Å²) in [4.78, 5) is 15.6. The standard InChI is InChI=1S/C14H12FN3O2/c1-9(18-20)12-4-2-3-5-13(12)17-14(19)10-6-11(15)8-16-7-10/h2-8,20H,1H3,(H,17,19)/b18-9-. The summed E-state index contributed by atoms with van der Waals surface area (Å²) in [5.74, 6) is -1.07. The summed E-state index contributed by atoms with van der Waals surface area (Å²) in [6.07, 6.45) is 2.29. The number of amides is 1. The van der Waals surface area contributed by atoms with Crippen LogP contribution in [-0.2, 0) is 0 Å². The van der Waals surface area contributed by atoms with Crippen LogP contribution < -0.4 is 5.32 Å². The average molecular weight is 273 g/mol. The van der Waals surface area contributed by atoms with E-state index in [0.29, 0.717) is 17.0 Å². The smallest absolute Gasteiger partial charge is 0.257 e. The number of halogens is 1. The van der Waals surface area contributed by atoms with Gasteiger partial charge in [0, 0.05) is 11.8 Å². The number of rotatable bonds is 3. The molecule has 0 atom stereocenters. The predicted octanol–water partition coefficient (Wildman–Crippen LogP) is 2.67. The summed E-state index contributed by atoms with van der Waals surface area (Å²) >= 11 is 0. The first-order valence-electron chi connectivity index (χ1n) is 5.82. The first-order valence-corrected chi connectivity index (χ1v) is 5.82. The second kappa shape index (κ2) is 5.92. The molecular formula is C14H12FN3O2. The molecule has 0 aliphatic carbocycles. The molecule has 0 aliphatic rings. The molecule has 1 amide bonds. The number of oxime groups is 1. The quantitative estimate of drug-likeness (QED) is 0.513. The number of nitrogens with zero attached hydrogens (tertiary/aromatic N) is 2. The second-order valence-electron chi connectivity index (χ2n) is 4.08. The topological polar surface area (TPSA) is 74.6 Å². The molecule has 0 bridgehead atoms.